The van der Waals surface area contributed by atoms with Gasteiger partial charge < -0.3 is 9.57 Å². The summed E-state index contributed by atoms with van der Waals surface area (Å²) in [6, 6.07) is 6.56. The van der Waals surface area contributed by atoms with E-state index in [1.807, 2.05) is 0 Å². The second-order valence-corrected chi connectivity index (χ2v) is 5.03. The van der Waals surface area contributed by atoms with E-state index in [1.165, 1.54) is 43.2 Å². The van der Waals surface area contributed by atoms with Crippen LogP contribution in [0.5, 0.6) is 5.75 Å². The minimum absolute atomic E-state index is 0.532. The Kier molecular flexibility index (Phi) is 5.02. The van der Waals surface area contributed by atoms with Gasteiger partial charge in [-0.15, -0.1) is 0 Å². The first-order valence-corrected chi connectivity index (χ1v) is 6.83. The molecule has 0 radical (unpaired) electrons. The average molecular weight is 249 g/mol. The molecule has 0 unspecified atom stereocenters. The number of hydrogen-bond acceptors (Lipinski definition) is 3. The average Bonchev–Trinajstić information content (AvgIpc) is 2.45. The number of hydrogen-bond donors (Lipinski definition) is 1. The van der Waals surface area contributed by atoms with Gasteiger partial charge in [-0.1, -0.05) is 31.4 Å². The van der Waals surface area contributed by atoms with E-state index < -0.39 is 0 Å². The van der Waals surface area contributed by atoms with E-state index in [1.54, 1.807) is 7.11 Å². The van der Waals surface area contributed by atoms with Crippen molar-refractivity contribution in [2.45, 2.75) is 44.4 Å². The molecule has 0 aliphatic heterocycles. The topological polar surface area (TPSA) is 44.5 Å². The molecular formula is C15H23NO2. The van der Waals surface area contributed by atoms with E-state index in [-0.39, 0.29) is 0 Å². The van der Waals surface area contributed by atoms with Crippen molar-refractivity contribution in [3.05, 3.63) is 29.3 Å². The molecule has 0 heterocycles. The molecule has 1 aromatic rings. The predicted molar refractivity (Wildman–Crippen MR) is 72.7 cm³/mol. The maximum absolute atomic E-state index is 5.39. The smallest absolute Gasteiger partial charge is 0.122 e. The van der Waals surface area contributed by atoms with Crippen LogP contribution in [0.15, 0.2) is 18.2 Å². The van der Waals surface area contributed by atoms with Gasteiger partial charge in [0.15, 0.2) is 0 Å². The summed E-state index contributed by atoms with van der Waals surface area (Å²) in [5.74, 6) is 6.77. The zero-order valence-electron chi connectivity index (χ0n) is 11.2. The highest BCUT2D eigenvalue weighted by Crippen LogP contribution is 2.34. The van der Waals surface area contributed by atoms with Gasteiger partial charge in [0.05, 0.1) is 13.7 Å². The summed E-state index contributed by atoms with van der Waals surface area (Å²) in [6.45, 7) is 0.532. The zero-order chi connectivity index (χ0) is 12.8. The van der Waals surface area contributed by atoms with Gasteiger partial charge in [-0.25, -0.2) is 5.90 Å². The van der Waals surface area contributed by atoms with Crippen LogP contribution in [0.1, 0.15) is 49.1 Å². The van der Waals surface area contributed by atoms with Crippen LogP contribution in [-0.2, 0) is 11.3 Å². The number of methoxy groups -OCH3 is 1. The minimum Gasteiger partial charge on any atom is -0.496 e. The molecule has 3 nitrogen and oxygen atoms in total. The highest BCUT2D eigenvalue weighted by Gasteiger charge is 2.16. The molecule has 2 N–H and O–H groups in total. The Morgan fingerprint density at radius 3 is 2.67 bits per heavy atom. The SMILES string of the molecule is COc1ccc(C2CCCCC2)cc1CCON. The highest BCUT2D eigenvalue weighted by atomic mass is 16.6. The van der Waals surface area contributed by atoms with Crippen molar-refractivity contribution < 1.29 is 9.57 Å². The fourth-order valence-corrected chi connectivity index (χ4v) is 2.85. The van der Waals surface area contributed by atoms with Gasteiger partial charge in [0.1, 0.15) is 5.75 Å². The second kappa shape index (κ2) is 6.76. The Hall–Kier alpha value is -1.06. The molecule has 0 aromatic heterocycles. The molecule has 0 bridgehead atoms. The van der Waals surface area contributed by atoms with E-state index in [4.69, 9.17) is 10.6 Å². The van der Waals surface area contributed by atoms with Gasteiger partial charge in [-0.05, 0) is 36.0 Å². The summed E-state index contributed by atoms with van der Waals surface area (Å²) in [7, 11) is 1.71. The van der Waals surface area contributed by atoms with Gasteiger partial charge in [0, 0.05) is 6.42 Å². The fraction of sp³-hybridized carbons (Fsp3) is 0.600. The molecule has 1 aliphatic carbocycles. The van der Waals surface area contributed by atoms with Crippen molar-refractivity contribution in [3.63, 3.8) is 0 Å². The number of benzene rings is 1. The maximum Gasteiger partial charge on any atom is 0.122 e. The molecule has 1 aliphatic rings. The van der Waals surface area contributed by atoms with Gasteiger partial charge in [-0.2, -0.15) is 0 Å². The van der Waals surface area contributed by atoms with E-state index in [0.717, 1.165) is 18.1 Å². The van der Waals surface area contributed by atoms with E-state index >= 15 is 0 Å². The summed E-state index contributed by atoms with van der Waals surface area (Å²) in [5.41, 5.74) is 2.65. The number of nitrogens with two attached hydrogens (primary N) is 1. The zero-order valence-corrected chi connectivity index (χ0v) is 11.2. The van der Waals surface area contributed by atoms with Crippen molar-refractivity contribution in [2.24, 2.45) is 5.90 Å². The van der Waals surface area contributed by atoms with Crippen LogP contribution in [0.4, 0.5) is 0 Å². The number of rotatable bonds is 5. The Morgan fingerprint density at radius 2 is 2.00 bits per heavy atom. The van der Waals surface area contributed by atoms with Gasteiger partial charge in [-0.3, -0.25) is 0 Å². The third-order valence-corrected chi connectivity index (χ3v) is 3.87. The van der Waals surface area contributed by atoms with Gasteiger partial charge >= 0.3 is 0 Å². The maximum atomic E-state index is 5.39. The van der Waals surface area contributed by atoms with Crippen LogP contribution in [-0.4, -0.2) is 13.7 Å². The van der Waals surface area contributed by atoms with Gasteiger partial charge in [0.25, 0.3) is 0 Å². The van der Waals surface area contributed by atoms with Crippen LogP contribution in [0.3, 0.4) is 0 Å². The van der Waals surface area contributed by atoms with Crippen molar-refractivity contribution >= 4 is 0 Å². The first-order chi connectivity index (χ1) is 8.85. The van der Waals surface area contributed by atoms with E-state index in [9.17, 15) is 0 Å². The molecule has 100 valence electrons. The lowest BCUT2D eigenvalue weighted by atomic mass is 9.83. The first-order valence-electron chi connectivity index (χ1n) is 6.83. The molecular weight excluding hydrogens is 226 g/mol. The Morgan fingerprint density at radius 1 is 1.22 bits per heavy atom. The lowest BCUT2D eigenvalue weighted by molar-refractivity contribution is 0.140. The highest BCUT2D eigenvalue weighted by molar-refractivity contribution is 5.39. The molecule has 0 atom stereocenters. The van der Waals surface area contributed by atoms with Crippen molar-refractivity contribution in [1.29, 1.82) is 0 Å². The summed E-state index contributed by atoms with van der Waals surface area (Å²) >= 11 is 0. The fourth-order valence-electron chi connectivity index (χ4n) is 2.85. The Bertz CT molecular complexity index is 373. The molecule has 1 fully saturated rings. The quantitative estimate of drug-likeness (QED) is 0.815. The third-order valence-electron chi connectivity index (χ3n) is 3.87. The van der Waals surface area contributed by atoms with Crippen LogP contribution in [0.2, 0.25) is 0 Å². The predicted octanol–water partition coefficient (Wildman–Crippen LogP) is 3.18. The molecule has 0 amide bonds. The number of ether oxygens (including phenoxy) is 1. The second-order valence-electron chi connectivity index (χ2n) is 5.03. The minimum atomic E-state index is 0.532. The Balaban J connectivity index is 2.15. The van der Waals surface area contributed by atoms with Crippen molar-refractivity contribution in [2.75, 3.05) is 13.7 Å². The van der Waals surface area contributed by atoms with E-state index in [0.29, 0.717) is 6.61 Å². The van der Waals surface area contributed by atoms with Crippen LogP contribution in [0.25, 0.3) is 0 Å². The molecule has 0 saturated heterocycles. The van der Waals surface area contributed by atoms with Crippen molar-refractivity contribution in [1.82, 2.24) is 0 Å². The third kappa shape index (κ3) is 3.24. The summed E-state index contributed by atoms with van der Waals surface area (Å²) in [4.78, 5) is 4.68. The first kappa shape index (κ1) is 13.4. The molecule has 2 rings (SSSR count). The van der Waals surface area contributed by atoms with Crippen LogP contribution >= 0.6 is 0 Å². The normalized spacial score (nSPS) is 16.8. The molecule has 0 spiro atoms. The Labute approximate surface area is 109 Å². The summed E-state index contributed by atoms with van der Waals surface area (Å²) in [6.07, 6.45) is 7.55. The summed E-state index contributed by atoms with van der Waals surface area (Å²) < 4.78 is 5.39. The van der Waals surface area contributed by atoms with Gasteiger partial charge in [0.2, 0.25) is 0 Å². The van der Waals surface area contributed by atoms with Crippen LogP contribution < -0.4 is 10.6 Å². The van der Waals surface area contributed by atoms with E-state index in [2.05, 4.69) is 23.0 Å². The standard InChI is InChI=1S/C15H23NO2/c1-17-15-8-7-13(11-14(15)9-10-18-16)12-5-3-2-4-6-12/h7-8,11-12H,2-6,9-10,16H2,1H3. The molecule has 1 saturated carbocycles. The molecule has 1 aromatic carbocycles. The monoisotopic (exact) mass is 249 g/mol. The molecule has 3 heteroatoms. The molecule has 18 heavy (non-hydrogen) atoms. The lowest BCUT2D eigenvalue weighted by Crippen LogP contribution is -2.08. The summed E-state index contributed by atoms with van der Waals surface area (Å²) in [5, 5.41) is 0. The van der Waals surface area contributed by atoms with Crippen molar-refractivity contribution in [3.8, 4) is 5.75 Å². The largest absolute Gasteiger partial charge is 0.496 e. The van der Waals surface area contributed by atoms with Crippen LogP contribution in [0, 0.1) is 0 Å². The lowest BCUT2D eigenvalue weighted by Gasteiger charge is -2.23.